The molecule has 100 valence electrons. The third-order valence-corrected chi connectivity index (χ3v) is 4.26. The van der Waals surface area contributed by atoms with Gasteiger partial charge in [0.25, 0.3) is 0 Å². The molecule has 3 heterocycles. The fraction of sp³-hybridized carbons (Fsp3) is 0.538. The van der Waals surface area contributed by atoms with Gasteiger partial charge in [0.2, 0.25) is 0 Å². The number of benzene rings is 1. The van der Waals surface area contributed by atoms with Crippen LogP contribution >= 0.6 is 0 Å². The second-order valence-electron chi connectivity index (χ2n) is 5.42. The van der Waals surface area contributed by atoms with Crippen molar-refractivity contribution in [3.63, 3.8) is 0 Å². The summed E-state index contributed by atoms with van der Waals surface area (Å²) in [5.74, 6) is -0.0489. The van der Waals surface area contributed by atoms with Gasteiger partial charge >= 0.3 is 6.92 Å². The molecule has 1 unspecified atom stereocenters. The van der Waals surface area contributed by atoms with Gasteiger partial charge in [-0.3, -0.25) is 0 Å². The Morgan fingerprint density at radius 1 is 1.21 bits per heavy atom. The van der Waals surface area contributed by atoms with E-state index in [-0.39, 0.29) is 36.2 Å². The number of rotatable bonds is 2. The minimum absolute atomic E-state index is 0.0705. The van der Waals surface area contributed by atoms with E-state index in [1.54, 1.807) is 12.1 Å². The Labute approximate surface area is 110 Å². The molecule has 4 nitrogen and oxygen atoms in total. The van der Waals surface area contributed by atoms with Crippen LogP contribution in [0.3, 0.4) is 0 Å². The van der Waals surface area contributed by atoms with Crippen molar-refractivity contribution < 1.29 is 23.6 Å². The van der Waals surface area contributed by atoms with E-state index in [1.807, 2.05) is 0 Å². The van der Waals surface area contributed by atoms with E-state index in [1.165, 1.54) is 12.1 Å². The van der Waals surface area contributed by atoms with Crippen molar-refractivity contribution in [1.82, 2.24) is 0 Å². The third-order valence-electron chi connectivity index (χ3n) is 4.26. The molecule has 3 saturated heterocycles. The van der Waals surface area contributed by atoms with Crippen LogP contribution in [-0.2, 0) is 14.2 Å². The number of fused-ring (bicyclic) bond motifs is 4. The number of halogens is 1. The smallest absolute Gasteiger partial charge is 0.354 e. The van der Waals surface area contributed by atoms with Gasteiger partial charge < -0.3 is 19.2 Å². The highest BCUT2D eigenvalue weighted by Gasteiger charge is 2.58. The van der Waals surface area contributed by atoms with Gasteiger partial charge in [0.15, 0.2) is 6.29 Å². The quantitative estimate of drug-likeness (QED) is 0.769. The molecule has 2 bridgehead atoms. The largest absolute Gasteiger partial charge is 0.445 e. The van der Waals surface area contributed by atoms with Crippen LogP contribution in [-0.4, -0.2) is 43.0 Å². The van der Waals surface area contributed by atoms with Crippen LogP contribution in [0.1, 0.15) is 6.42 Å². The van der Waals surface area contributed by atoms with Crippen molar-refractivity contribution in [2.75, 3.05) is 6.61 Å². The molecule has 19 heavy (non-hydrogen) atoms. The lowest BCUT2D eigenvalue weighted by molar-refractivity contribution is -0.276. The van der Waals surface area contributed by atoms with E-state index in [0.717, 1.165) is 6.42 Å². The van der Waals surface area contributed by atoms with Gasteiger partial charge in [-0.15, -0.1) is 0 Å². The van der Waals surface area contributed by atoms with Gasteiger partial charge in [0.05, 0.1) is 18.7 Å². The second kappa shape index (κ2) is 4.28. The van der Waals surface area contributed by atoms with Crippen LogP contribution < -0.4 is 5.46 Å². The van der Waals surface area contributed by atoms with E-state index in [0.29, 0.717) is 12.1 Å². The number of hydrogen-bond acceptors (Lipinski definition) is 4. The maximum atomic E-state index is 12.9. The molecule has 0 spiro atoms. The summed E-state index contributed by atoms with van der Waals surface area (Å²) < 4.78 is 29.7. The molecule has 4 rings (SSSR count). The van der Waals surface area contributed by atoms with Crippen molar-refractivity contribution in [2.45, 2.75) is 30.9 Å². The molecule has 0 saturated carbocycles. The first-order valence-corrected chi connectivity index (χ1v) is 6.58. The maximum Gasteiger partial charge on any atom is 0.354 e. The van der Waals surface area contributed by atoms with Crippen molar-refractivity contribution in [3.05, 3.63) is 30.1 Å². The minimum atomic E-state index is -0.723. The molecule has 1 aromatic carbocycles. The van der Waals surface area contributed by atoms with Crippen LogP contribution in [0, 0.1) is 11.7 Å². The first-order chi connectivity index (χ1) is 9.22. The summed E-state index contributed by atoms with van der Waals surface area (Å²) in [6.07, 6.45) is 0.627. The summed E-state index contributed by atoms with van der Waals surface area (Å²) in [6.45, 7) is -0.111. The molecule has 3 fully saturated rings. The van der Waals surface area contributed by atoms with Gasteiger partial charge in [0, 0.05) is 5.92 Å². The van der Waals surface area contributed by atoms with Gasteiger partial charge in [0.1, 0.15) is 11.9 Å². The zero-order chi connectivity index (χ0) is 13.0. The average molecular weight is 264 g/mol. The summed E-state index contributed by atoms with van der Waals surface area (Å²) in [4.78, 5) is 0. The average Bonchev–Trinajstić information content (AvgIpc) is 2.79. The summed E-state index contributed by atoms with van der Waals surface area (Å²) in [6, 6.07) is 5.66. The van der Waals surface area contributed by atoms with Crippen LogP contribution in [0.4, 0.5) is 4.39 Å². The van der Waals surface area contributed by atoms with E-state index < -0.39 is 6.92 Å². The zero-order valence-corrected chi connectivity index (χ0v) is 10.2. The molecule has 0 aromatic heterocycles. The molecule has 3 aliphatic rings. The Morgan fingerprint density at radius 2 is 2.00 bits per heavy atom. The van der Waals surface area contributed by atoms with E-state index in [4.69, 9.17) is 14.2 Å². The SMILES string of the molecule is OB(c1ccc(F)cc1)C1O[C@H]2[C@@H]3OC[C@H](C[C@H]12)O3. The highest BCUT2D eigenvalue weighted by molar-refractivity contribution is 6.67. The molecule has 5 atom stereocenters. The molecular formula is C13H14BFO4. The van der Waals surface area contributed by atoms with Crippen molar-refractivity contribution >= 4 is 12.4 Å². The minimum Gasteiger partial charge on any atom is -0.445 e. The summed E-state index contributed by atoms with van der Waals surface area (Å²) in [5.41, 5.74) is 0.685. The first-order valence-electron chi connectivity index (χ1n) is 6.58. The Bertz CT molecular complexity index is 482. The Balaban J connectivity index is 1.50. The molecule has 0 radical (unpaired) electrons. The van der Waals surface area contributed by atoms with Crippen LogP contribution in [0.5, 0.6) is 0 Å². The summed E-state index contributed by atoms with van der Waals surface area (Å²) in [5, 5.41) is 10.3. The number of hydrogen-bond donors (Lipinski definition) is 1. The topological polar surface area (TPSA) is 47.9 Å². The Hall–Kier alpha value is -0.945. The fourth-order valence-electron chi connectivity index (χ4n) is 3.24. The second-order valence-corrected chi connectivity index (χ2v) is 5.42. The normalized spacial score (nSPS) is 39.6. The first kappa shape index (κ1) is 11.8. The summed E-state index contributed by atoms with van der Waals surface area (Å²) in [7, 11) is 0. The zero-order valence-electron chi connectivity index (χ0n) is 10.2. The van der Waals surface area contributed by atoms with Gasteiger partial charge in [-0.1, -0.05) is 12.1 Å². The van der Waals surface area contributed by atoms with Crippen LogP contribution in [0.2, 0.25) is 0 Å². The molecule has 0 aliphatic carbocycles. The van der Waals surface area contributed by atoms with E-state index in [2.05, 4.69) is 0 Å². The number of ether oxygens (including phenoxy) is 3. The van der Waals surface area contributed by atoms with Gasteiger partial charge in [-0.25, -0.2) is 4.39 Å². The Kier molecular flexibility index (Phi) is 2.67. The van der Waals surface area contributed by atoms with Crippen molar-refractivity contribution in [1.29, 1.82) is 0 Å². The standard InChI is InChI=1S/C13H14BFO4/c15-8-3-1-7(2-4-8)14(16)12-10-5-9-6-17-13(18-9)11(10)19-12/h1-4,9-13,16H,5-6H2/t9-,10-,11+,12?,13+/m0/s1. The molecular weight excluding hydrogens is 250 g/mol. The lowest BCUT2D eigenvalue weighted by Crippen LogP contribution is -2.65. The maximum absolute atomic E-state index is 12.9. The third kappa shape index (κ3) is 1.82. The summed E-state index contributed by atoms with van der Waals surface area (Å²) >= 11 is 0. The lowest BCUT2D eigenvalue weighted by atomic mass is 9.49. The lowest BCUT2D eigenvalue weighted by Gasteiger charge is -2.50. The predicted molar refractivity (Wildman–Crippen MR) is 65.4 cm³/mol. The molecule has 0 amide bonds. The van der Waals surface area contributed by atoms with E-state index in [9.17, 15) is 9.41 Å². The Morgan fingerprint density at radius 3 is 2.79 bits per heavy atom. The monoisotopic (exact) mass is 264 g/mol. The van der Waals surface area contributed by atoms with Gasteiger partial charge in [-0.05, 0) is 24.0 Å². The van der Waals surface area contributed by atoms with E-state index >= 15 is 0 Å². The van der Waals surface area contributed by atoms with Crippen molar-refractivity contribution in [2.24, 2.45) is 5.92 Å². The highest BCUT2D eigenvalue weighted by atomic mass is 19.1. The van der Waals surface area contributed by atoms with Gasteiger partial charge in [-0.2, -0.15) is 0 Å². The molecule has 6 heteroatoms. The molecule has 1 aromatic rings. The highest BCUT2D eigenvalue weighted by Crippen LogP contribution is 2.44. The molecule has 3 aliphatic heterocycles. The van der Waals surface area contributed by atoms with Crippen LogP contribution in [0.25, 0.3) is 0 Å². The van der Waals surface area contributed by atoms with Crippen molar-refractivity contribution in [3.8, 4) is 0 Å². The van der Waals surface area contributed by atoms with Crippen LogP contribution in [0.15, 0.2) is 24.3 Å². The predicted octanol–water partition coefficient (Wildman–Crippen LogP) is 0.0845. The molecule has 1 N–H and O–H groups in total. The fourth-order valence-corrected chi connectivity index (χ4v) is 3.24.